The van der Waals surface area contributed by atoms with Crippen LogP contribution in [0.2, 0.25) is 0 Å². The summed E-state index contributed by atoms with van der Waals surface area (Å²) in [7, 11) is 1.50. The van der Waals surface area contributed by atoms with Gasteiger partial charge in [0.05, 0.1) is 5.75 Å². The Balaban J connectivity index is 2.68. The average Bonchev–Trinajstić information content (AvgIpc) is 2.88. The summed E-state index contributed by atoms with van der Waals surface area (Å²) in [6.45, 7) is 4.81. The number of nitrogens with zero attached hydrogens (tertiary/aromatic N) is 1. The van der Waals surface area contributed by atoms with Crippen molar-refractivity contribution in [1.82, 2.24) is 10.2 Å². The molecule has 0 bridgehead atoms. The quantitative estimate of drug-likeness (QED) is 0.708. The molecule has 0 saturated heterocycles. The third kappa shape index (κ3) is 4.43. The van der Waals surface area contributed by atoms with E-state index in [1.165, 1.54) is 25.7 Å². The number of hydrogen-bond acceptors (Lipinski definition) is 4. The highest BCUT2D eigenvalue weighted by atomic mass is 32.2. The van der Waals surface area contributed by atoms with E-state index >= 15 is 0 Å². The molecule has 1 rings (SSSR count). The Labute approximate surface area is 125 Å². The molecule has 20 heavy (non-hydrogen) atoms. The fourth-order valence-electron chi connectivity index (χ4n) is 3.55. The zero-order chi connectivity index (χ0) is 15.2. The number of likely N-dealkylation sites (N-methyl/N-ethyl adjacent to an activating group) is 2. The standard InChI is InChI=1S/C15H32N2O2S/c1-5-16-14(10-9-13-20(18,19)6-2)15(17(3)4)11-7-8-12-15/h14,16H,5-13H2,1-4H3. The Bertz CT molecular complexity index is 373. The first kappa shape index (κ1) is 17.9. The summed E-state index contributed by atoms with van der Waals surface area (Å²) in [5.74, 6) is 0.590. The minimum atomic E-state index is -2.84. The van der Waals surface area contributed by atoms with Crippen LogP contribution in [-0.4, -0.2) is 57.0 Å². The van der Waals surface area contributed by atoms with Gasteiger partial charge in [0.1, 0.15) is 9.84 Å². The summed E-state index contributed by atoms with van der Waals surface area (Å²) in [5, 5.41) is 3.61. The fourth-order valence-corrected chi connectivity index (χ4v) is 4.45. The third-order valence-electron chi connectivity index (χ3n) is 4.85. The largest absolute Gasteiger partial charge is 0.312 e. The Morgan fingerprint density at radius 1 is 1.20 bits per heavy atom. The molecule has 1 unspecified atom stereocenters. The van der Waals surface area contributed by atoms with Crippen LogP contribution in [0, 0.1) is 0 Å². The lowest BCUT2D eigenvalue weighted by molar-refractivity contribution is 0.100. The molecule has 4 nitrogen and oxygen atoms in total. The van der Waals surface area contributed by atoms with Gasteiger partial charge in [-0.2, -0.15) is 0 Å². The van der Waals surface area contributed by atoms with E-state index in [0.717, 1.165) is 19.4 Å². The van der Waals surface area contributed by atoms with E-state index in [-0.39, 0.29) is 11.3 Å². The summed E-state index contributed by atoms with van der Waals surface area (Å²) in [6.07, 6.45) is 6.73. The molecule has 5 heteroatoms. The minimum Gasteiger partial charge on any atom is -0.312 e. The Morgan fingerprint density at radius 2 is 1.80 bits per heavy atom. The molecule has 0 amide bonds. The smallest absolute Gasteiger partial charge is 0.150 e. The van der Waals surface area contributed by atoms with Crippen molar-refractivity contribution in [2.45, 2.75) is 64.0 Å². The number of sulfone groups is 1. The first-order valence-electron chi connectivity index (χ1n) is 7.99. The van der Waals surface area contributed by atoms with Gasteiger partial charge in [-0.15, -0.1) is 0 Å². The van der Waals surface area contributed by atoms with Crippen molar-refractivity contribution in [2.24, 2.45) is 0 Å². The molecule has 1 atom stereocenters. The lowest BCUT2D eigenvalue weighted by Crippen LogP contribution is -2.57. The van der Waals surface area contributed by atoms with Crippen molar-refractivity contribution in [3.8, 4) is 0 Å². The third-order valence-corrected chi connectivity index (χ3v) is 6.64. The van der Waals surface area contributed by atoms with E-state index in [1.54, 1.807) is 6.92 Å². The molecule has 0 aromatic rings. The maximum Gasteiger partial charge on any atom is 0.150 e. The number of hydrogen-bond donors (Lipinski definition) is 1. The lowest BCUT2D eigenvalue weighted by Gasteiger charge is -2.44. The van der Waals surface area contributed by atoms with Crippen LogP contribution in [0.25, 0.3) is 0 Å². The molecule has 120 valence electrons. The van der Waals surface area contributed by atoms with E-state index in [1.807, 2.05) is 0 Å². The summed E-state index contributed by atoms with van der Waals surface area (Å²) in [4.78, 5) is 2.36. The van der Waals surface area contributed by atoms with E-state index in [2.05, 4.69) is 31.2 Å². The first-order valence-corrected chi connectivity index (χ1v) is 9.81. The highest BCUT2D eigenvalue weighted by molar-refractivity contribution is 7.91. The molecular weight excluding hydrogens is 272 g/mol. The second-order valence-corrected chi connectivity index (χ2v) is 8.67. The van der Waals surface area contributed by atoms with Gasteiger partial charge in [0, 0.05) is 17.3 Å². The molecule has 0 aromatic carbocycles. The predicted molar refractivity (Wildman–Crippen MR) is 85.9 cm³/mol. The summed E-state index contributed by atoms with van der Waals surface area (Å²) in [5.41, 5.74) is 0.214. The Kier molecular flexibility index (Phi) is 6.95. The number of nitrogens with one attached hydrogen (secondary N) is 1. The topological polar surface area (TPSA) is 49.4 Å². The number of rotatable bonds is 9. The van der Waals surface area contributed by atoms with Crippen molar-refractivity contribution >= 4 is 9.84 Å². The van der Waals surface area contributed by atoms with Crippen LogP contribution in [0.5, 0.6) is 0 Å². The van der Waals surface area contributed by atoms with Gasteiger partial charge < -0.3 is 10.2 Å². The van der Waals surface area contributed by atoms with Gasteiger partial charge in [-0.3, -0.25) is 0 Å². The second-order valence-electron chi connectivity index (χ2n) is 6.19. The summed E-state index contributed by atoms with van der Waals surface area (Å²) >= 11 is 0. The molecule has 0 spiro atoms. The van der Waals surface area contributed by atoms with Crippen molar-refractivity contribution in [1.29, 1.82) is 0 Å². The minimum absolute atomic E-state index is 0.214. The van der Waals surface area contributed by atoms with Gasteiger partial charge in [-0.25, -0.2) is 8.42 Å². The summed E-state index contributed by atoms with van der Waals surface area (Å²) < 4.78 is 23.3. The molecular formula is C15H32N2O2S. The molecule has 1 aliphatic carbocycles. The zero-order valence-electron chi connectivity index (χ0n) is 13.6. The SMILES string of the molecule is CCNC(CCCS(=O)(=O)CC)C1(N(C)C)CCCC1. The van der Waals surface area contributed by atoms with E-state index in [0.29, 0.717) is 11.8 Å². The van der Waals surface area contributed by atoms with E-state index < -0.39 is 9.84 Å². The molecule has 1 saturated carbocycles. The van der Waals surface area contributed by atoms with Crippen LogP contribution in [-0.2, 0) is 9.84 Å². The average molecular weight is 305 g/mol. The molecule has 1 fully saturated rings. The normalized spacial score (nSPS) is 20.4. The van der Waals surface area contributed by atoms with Gasteiger partial charge in [-0.1, -0.05) is 26.7 Å². The molecule has 1 aliphatic rings. The van der Waals surface area contributed by atoms with Crippen molar-refractivity contribution < 1.29 is 8.42 Å². The second kappa shape index (κ2) is 7.76. The lowest BCUT2D eigenvalue weighted by atomic mass is 9.84. The van der Waals surface area contributed by atoms with Crippen molar-refractivity contribution in [2.75, 3.05) is 32.1 Å². The maximum absolute atomic E-state index is 11.6. The highest BCUT2D eigenvalue weighted by Crippen LogP contribution is 2.38. The molecule has 0 radical (unpaired) electrons. The van der Waals surface area contributed by atoms with Gasteiger partial charge in [0.15, 0.2) is 0 Å². The predicted octanol–water partition coefficient (Wildman–Crippen LogP) is 2.05. The van der Waals surface area contributed by atoms with Crippen LogP contribution in [0.4, 0.5) is 0 Å². The van der Waals surface area contributed by atoms with E-state index in [4.69, 9.17) is 0 Å². The molecule has 1 N–H and O–H groups in total. The maximum atomic E-state index is 11.6. The van der Waals surface area contributed by atoms with Crippen LogP contribution >= 0.6 is 0 Å². The fraction of sp³-hybridized carbons (Fsp3) is 1.00. The Hall–Kier alpha value is -0.130. The molecule has 0 heterocycles. The van der Waals surface area contributed by atoms with Gasteiger partial charge in [0.25, 0.3) is 0 Å². The molecule has 0 aromatic heterocycles. The zero-order valence-corrected chi connectivity index (χ0v) is 14.4. The van der Waals surface area contributed by atoms with Crippen LogP contribution in [0.1, 0.15) is 52.4 Å². The van der Waals surface area contributed by atoms with Crippen LogP contribution in [0.15, 0.2) is 0 Å². The van der Waals surface area contributed by atoms with E-state index in [9.17, 15) is 8.42 Å². The van der Waals surface area contributed by atoms with Gasteiger partial charge in [0.2, 0.25) is 0 Å². The van der Waals surface area contributed by atoms with Gasteiger partial charge >= 0.3 is 0 Å². The first-order chi connectivity index (χ1) is 9.38. The van der Waals surface area contributed by atoms with Crippen molar-refractivity contribution in [3.63, 3.8) is 0 Å². The van der Waals surface area contributed by atoms with Crippen LogP contribution in [0.3, 0.4) is 0 Å². The van der Waals surface area contributed by atoms with Crippen LogP contribution < -0.4 is 5.32 Å². The Morgan fingerprint density at radius 3 is 2.25 bits per heavy atom. The molecule has 0 aliphatic heterocycles. The summed E-state index contributed by atoms with van der Waals surface area (Å²) in [6, 6.07) is 0.400. The monoisotopic (exact) mass is 304 g/mol. The highest BCUT2D eigenvalue weighted by Gasteiger charge is 2.42. The van der Waals surface area contributed by atoms with Crippen molar-refractivity contribution in [3.05, 3.63) is 0 Å². The van der Waals surface area contributed by atoms with Gasteiger partial charge in [-0.05, 0) is 46.3 Å².